The summed E-state index contributed by atoms with van der Waals surface area (Å²) in [5, 5.41) is 4.53. The van der Waals surface area contributed by atoms with Crippen LogP contribution < -0.4 is 4.90 Å². The van der Waals surface area contributed by atoms with E-state index in [9.17, 15) is 4.79 Å². The van der Waals surface area contributed by atoms with Crippen molar-refractivity contribution in [3.05, 3.63) is 36.7 Å². The SMILES string of the molecule is Cn1cc(N2CCC[C@@H](Sc3nc4ccccc4o3)C2=O)cn1. The van der Waals surface area contributed by atoms with Crippen LogP contribution in [0.1, 0.15) is 12.8 Å². The lowest BCUT2D eigenvalue weighted by Crippen LogP contribution is -2.42. The summed E-state index contributed by atoms with van der Waals surface area (Å²) in [6, 6.07) is 7.64. The number of hydrogen-bond acceptors (Lipinski definition) is 5. The standard InChI is InChI=1S/C16H16N4O2S/c1-19-10-11(9-17-19)20-8-4-7-14(15(20)21)23-16-18-12-5-2-3-6-13(12)22-16/h2-3,5-6,9-10,14H,4,7-8H2,1H3/t14-/m1/s1. The third-order valence-corrected chi connectivity index (χ3v) is 5.01. The van der Waals surface area contributed by atoms with Crippen LogP contribution in [0.5, 0.6) is 0 Å². The minimum atomic E-state index is -0.169. The Bertz CT molecular complexity index is 824. The molecule has 0 bridgehead atoms. The first-order valence-corrected chi connectivity index (χ1v) is 8.41. The van der Waals surface area contributed by atoms with E-state index >= 15 is 0 Å². The van der Waals surface area contributed by atoms with E-state index in [1.807, 2.05) is 37.5 Å². The average Bonchev–Trinajstić information content (AvgIpc) is 3.15. The third-order valence-electron chi connectivity index (χ3n) is 3.91. The number of carbonyl (C=O) groups is 1. The number of benzene rings is 1. The first-order chi connectivity index (χ1) is 11.2. The van der Waals surface area contributed by atoms with Gasteiger partial charge in [0.1, 0.15) is 5.52 Å². The van der Waals surface area contributed by atoms with Crippen LogP contribution in [-0.2, 0) is 11.8 Å². The molecule has 0 aliphatic carbocycles. The van der Waals surface area contributed by atoms with Crippen LogP contribution in [0.4, 0.5) is 5.69 Å². The summed E-state index contributed by atoms with van der Waals surface area (Å²) in [6.45, 7) is 0.731. The summed E-state index contributed by atoms with van der Waals surface area (Å²) in [5.74, 6) is 0.0940. The molecule has 6 nitrogen and oxygen atoms in total. The molecule has 0 spiro atoms. The molecule has 4 rings (SSSR count). The minimum Gasteiger partial charge on any atom is -0.431 e. The number of para-hydroxylation sites is 2. The third kappa shape index (κ3) is 2.72. The number of anilines is 1. The fourth-order valence-corrected chi connectivity index (χ4v) is 3.82. The maximum absolute atomic E-state index is 12.8. The normalized spacial score (nSPS) is 18.7. The Morgan fingerprint density at radius 1 is 1.35 bits per heavy atom. The number of aromatic nitrogens is 3. The van der Waals surface area contributed by atoms with Crippen LogP contribution in [-0.4, -0.2) is 32.5 Å². The molecule has 1 saturated heterocycles. The molecular weight excluding hydrogens is 312 g/mol. The van der Waals surface area contributed by atoms with Crippen LogP contribution in [0, 0.1) is 0 Å². The number of carbonyl (C=O) groups excluding carboxylic acids is 1. The lowest BCUT2D eigenvalue weighted by molar-refractivity contribution is -0.119. The van der Waals surface area contributed by atoms with Gasteiger partial charge in [-0.3, -0.25) is 9.48 Å². The van der Waals surface area contributed by atoms with Crippen molar-refractivity contribution in [3.63, 3.8) is 0 Å². The molecular formula is C16H16N4O2S. The van der Waals surface area contributed by atoms with Gasteiger partial charge in [0.15, 0.2) is 5.58 Å². The fourth-order valence-electron chi connectivity index (χ4n) is 2.78. The van der Waals surface area contributed by atoms with E-state index < -0.39 is 0 Å². The number of hydrogen-bond donors (Lipinski definition) is 0. The summed E-state index contributed by atoms with van der Waals surface area (Å²) >= 11 is 1.41. The first kappa shape index (κ1) is 14.3. The van der Waals surface area contributed by atoms with Gasteiger partial charge in [0, 0.05) is 19.8 Å². The van der Waals surface area contributed by atoms with Crippen LogP contribution in [0.2, 0.25) is 0 Å². The highest BCUT2D eigenvalue weighted by molar-refractivity contribution is 8.00. The second kappa shape index (κ2) is 5.73. The molecule has 1 fully saturated rings. The summed E-state index contributed by atoms with van der Waals surface area (Å²) in [5.41, 5.74) is 2.42. The van der Waals surface area contributed by atoms with Crippen molar-refractivity contribution in [1.82, 2.24) is 14.8 Å². The zero-order chi connectivity index (χ0) is 15.8. The van der Waals surface area contributed by atoms with Crippen molar-refractivity contribution in [2.24, 2.45) is 7.05 Å². The topological polar surface area (TPSA) is 64.2 Å². The van der Waals surface area contributed by atoms with E-state index in [2.05, 4.69) is 10.1 Å². The Hall–Kier alpha value is -2.28. The van der Waals surface area contributed by atoms with Crippen LogP contribution in [0.15, 0.2) is 46.3 Å². The number of piperidine rings is 1. The van der Waals surface area contributed by atoms with Gasteiger partial charge in [-0.05, 0) is 25.0 Å². The quantitative estimate of drug-likeness (QED) is 0.740. The van der Waals surface area contributed by atoms with Gasteiger partial charge < -0.3 is 9.32 Å². The number of oxazole rings is 1. The summed E-state index contributed by atoms with van der Waals surface area (Å²) in [4.78, 5) is 19.0. The van der Waals surface area contributed by atoms with Gasteiger partial charge in [-0.1, -0.05) is 23.9 Å². The highest BCUT2D eigenvalue weighted by Crippen LogP contribution is 2.33. The molecule has 118 valence electrons. The van der Waals surface area contributed by atoms with Crippen LogP contribution >= 0.6 is 11.8 Å². The number of amides is 1. The van der Waals surface area contributed by atoms with Gasteiger partial charge >= 0.3 is 0 Å². The predicted octanol–water partition coefficient (Wildman–Crippen LogP) is 2.85. The molecule has 1 aliphatic heterocycles. The number of thioether (sulfide) groups is 1. The van der Waals surface area contributed by atoms with E-state index in [1.165, 1.54) is 11.8 Å². The average molecular weight is 328 g/mol. The van der Waals surface area contributed by atoms with E-state index in [1.54, 1.807) is 15.8 Å². The zero-order valence-corrected chi connectivity index (χ0v) is 13.5. The number of aryl methyl sites for hydroxylation is 1. The molecule has 0 saturated carbocycles. The Kier molecular flexibility index (Phi) is 3.57. The summed E-state index contributed by atoms with van der Waals surface area (Å²) < 4.78 is 7.44. The lowest BCUT2D eigenvalue weighted by atomic mass is 10.1. The summed E-state index contributed by atoms with van der Waals surface area (Å²) in [6.07, 6.45) is 5.38. The number of fused-ring (bicyclic) bond motifs is 1. The zero-order valence-electron chi connectivity index (χ0n) is 12.7. The Balaban J connectivity index is 1.55. The monoisotopic (exact) mass is 328 g/mol. The van der Waals surface area contributed by atoms with Crippen LogP contribution in [0.25, 0.3) is 11.1 Å². The largest absolute Gasteiger partial charge is 0.431 e. The second-order valence-corrected chi connectivity index (χ2v) is 6.71. The molecule has 0 N–H and O–H groups in total. The number of rotatable bonds is 3. The second-order valence-electron chi connectivity index (χ2n) is 5.56. The highest BCUT2D eigenvalue weighted by atomic mass is 32.2. The van der Waals surface area contributed by atoms with Gasteiger partial charge in [-0.25, -0.2) is 4.98 Å². The molecule has 1 amide bonds. The van der Waals surface area contributed by atoms with Crippen molar-refractivity contribution in [2.75, 3.05) is 11.4 Å². The molecule has 0 radical (unpaired) electrons. The van der Waals surface area contributed by atoms with Gasteiger partial charge in [-0.15, -0.1) is 0 Å². The highest BCUT2D eigenvalue weighted by Gasteiger charge is 2.32. The molecule has 23 heavy (non-hydrogen) atoms. The van der Waals surface area contributed by atoms with Crippen molar-refractivity contribution < 1.29 is 9.21 Å². The first-order valence-electron chi connectivity index (χ1n) is 7.53. The molecule has 2 aromatic heterocycles. The van der Waals surface area contributed by atoms with E-state index in [0.717, 1.165) is 36.2 Å². The molecule has 1 aliphatic rings. The molecule has 1 atom stereocenters. The van der Waals surface area contributed by atoms with Gasteiger partial charge in [0.2, 0.25) is 5.91 Å². The van der Waals surface area contributed by atoms with E-state index in [-0.39, 0.29) is 11.2 Å². The van der Waals surface area contributed by atoms with E-state index in [4.69, 9.17) is 4.42 Å². The molecule has 7 heteroatoms. The molecule has 1 aromatic carbocycles. The summed E-state index contributed by atoms with van der Waals surface area (Å²) in [7, 11) is 1.85. The maximum atomic E-state index is 12.8. The van der Waals surface area contributed by atoms with Gasteiger partial charge in [-0.2, -0.15) is 5.10 Å². The van der Waals surface area contributed by atoms with Crippen molar-refractivity contribution in [2.45, 2.75) is 23.3 Å². The van der Waals surface area contributed by atoms with Crippen molar-refractivity contribution in [3.8, 4) is 0 Å². The van der Waals surface area contributed by atoms with Gasteiger partial charge in [0.25, 0.3) is 5.22 Å². The predicted molar refractivity (Wildman–Crippen MR) is 88.4 cm³/mol. The minimum absolute atomic E-state index is 0.0940. The van der Waals surface area contributed by atoms with Crippen LogP contribution in [0.3, 0.4) is 0 Å². The lowest BCUT2D eigenvalue weighted by Gasteiger charge is -2.30. The molecule has 0 unspecified atom stereocenters. The molecule has 3 aromatic rings. The van der Waals surface area contributed by atoms with Crippen molar-refractivity contribution in [1.29, 1.82) is 0 Å². The Labute approximate surface area is 137 Å². The number of nitrogens with zero attached hydrogens (tertiary/aromatic N) is 4. The Morgan fingerprint density at radius 3 is 3.00 bits per heavy atom. The van der Waals surface area contributed by atoms with E-state index in [0.29, 0.717) is 5.22 Å². The maximum Gasteiger partial charge on any atom is 0.257 e. The molecule has 3 heterocycles. The fraction of sp³-hybridized carbons (Fsp3) is 0.312. The van der Waals surface area contributed by atoms with Gasteiger partial charge in [0.05, 0.1) is 17.1 Å². The van der Waals surface area contributed by atoms with Crippen molar-refractivity contribution >= 4 is 34.5 Å². The smallest absolute Gasteiger partial charge is 0.257 e. The Morgan fingerprint density at radius 2 is 2.22 bits per heavy atom.